The Kier molecular flexibility index (Phi) is 4.96. The first-order chi connectivity index (χ1) is 8.84. The average Bonchev–Trinajstić information content (AvgIpc) is 3.01. The van der Waals surface area contributed by atoms with E-state index in [0.29, 0.717) is 13.0 Å². The van der Waals surface area contributed by atoms with E-state index in [4.69, 9.17) is 0 Å². The Hall–Kier alpha value is -1.62. The number of nitrogens with one attached hydrogen (secondary N) is 2. The molecule has 0 atom stereocenters. The van der Waals surface area contributed by atoms with E-state index in [1.807, 2.05) is 6.07 Å². The van der Waals surface area contributed by atoms with Crippen molar-refractivity contribution in [3.05, 3.63) is 40.6 Å². The molecule has 0 aliphatic rings. The molecule has 0 radical (unpaired) electrons. The van der Waals surface area contributed by atoms with Crippen molar-refractivity contribution in [2.24, 2.45) is 0 Å². The van der Waals surface area contributed by atoms with E-state index in [2.05, 4.69) is 26.7 Å². The zero-order valence-corrected chi connectivity index (χ0v) is 11.0. The molecule has 0 fully saturated rings. The number of aromatic amines is 1. The fourth-order valence-electron chi connectivity index (χ4n) is 1.72. The van der Waals surface area contributed by atoms with Crippen LogP contribution in [0.5, 0.6) is 0 Å². The maximum absolute atomic E-state index is 11.6. The van der Waals surface area contributed by atoms with E-state index in [-0.39, 0.29) is 5.91 Å². The van der Waals surface area contributed by atoms with Crippen LogP contribution in [0.4, 0.5) is 0 Å². The Morgan fingerprint density at radius 3 is 3.11 bits per heavy atom. The molecule has 2 N–H and O–H groups in total. The number of rotatable bonds is 7. The van der Waals surface area contributed by atoms with Crippen molar-refractivity contribution in [3.63, 3.8) is 0 Å². The van der Waals surface area contributed by atoms with Crippen molar-refractivity contribution in [3.8, 4) is 0 Å². The highest BCUT2D eigenvalue weighted by Crippen LogP contribution is 2.11. The Morgan fingerprint density at radius 1 is 1.44 bits per heavy atom. The maximum atomic E-state index is 11.6. The lowest BCUT2D eigenvalue weighted by Crippen LogP contribution is -2.25. The van der Waals surface area contributed by atoms with Crippen molar-refractivity contribution >= 4 is 17.2 Å². The van der Waals surface area contributed by atoms with Crippen molar-refractivity contribution in [2.75, 3.05) is 6.54 Å². The molecule has 1 amide bonds. The summed E-state index contributed by atoms with van der Waals surface area (Å²) in [6.45, 7) is 0.667. The Balaban J connectivity index is 1.55. The van der Waals surface area contributed by atoms with Gasteiger partial charge in [-0.2, -0.15) is 0 Å². The van der Waals surface area contributed by atoms with Crippen LogP contribution in [0.3, 0.4) is 0 Å². The molecule has 18 heavy (non-hydrogen) atoms. The first kappa shape index (κ1) is 12.8. The van der Waals surface area contributed by atoms with Gasteiger partial charge in [-0.1, -0.05) is 6.07 Å². The molecule has 2 rings (SSSR count). The molecule has 0 saturated carbocycles. The molecule has 4 nitrogen and oxygen atoms in total. The molecule has 5 heteroatoms. The minimum atomic E-state index is 0.131. The number of amides is 1. The fraction of sp³-hybridized carbons (Fsp3) is 0.385. The second-order valence-corrected chi connectivity index (χ2v) is 5.14. The van der Waals surface area contributed by atoms with Crippen molar-refractivity contribution in [1.29, 1.82) is 0 Å². The molecule has 0 aliphatic carbocycles. The quantitative estimate of drug-likeness (QED) is 0.804. The van der Waals surface area contributed by atoms with Gasteiger partial charge in [0.25, 0.3) is 0 Å². The van der Waals surface area contributed by atoms with Crippen LogP contribution in [0.25, 0.3) is 0 Å². The largest absolute Gasteiger partial charge is 0.356 e. The molecular formula is C13H17N3OS. The summed E-state index contributed by atoms with van der Waals surface area (Å²) in [5, 5.41) is 4.99. The van der Waals surface area contributed by atoms with Gasteiger partial charge in [0.15, 0.2) is 0 Å². The standard InChI is InChI=1S/C13H17N3OS/c17-13(5-1-3-12-4-2-8-18-12)15-7-6-11-9-14-10-16-11/h2,4,8-10H,1,3,5-7H2,(H,14,16)(H,15,17). The maximum Gasteiger partial charge on any atom is 0.220 e. The van der Waals surface area contributed by atoms with Gasteiger partial charge in [0.2, 0.25) is 5.91 Å². The van der Waals surface area contributed by atoms with E-state index in [0.717, 1.165) is 25.0 Å². The molecule has 2 heterocycles. The second-order valence-electron chi connectivity index (χ2n) is 4.11. The number of thiophene rings is 1. The van der Waals surface area contributed by atoms with Gasteiger partial charge in [-0.25, -0.2) is 4.98 Å². The summed E-state index contributed by atoms with van der Waals surface area (Å²) in [6, 6.07) is 4.16. The summed E-state index contributed by atoms with van der Waals surface area (Å²) >= 11 is 1.75. The topological polar surface area (TPSA) is 57.8 Å². The third kappa shape index (κ3) is 4.33. The van der Waals surface area contributed by atoms with Gasteiger partial charge in [0.1, 0.15) is 0 Å². The van der Waals surface area contributed by atoms with Gasteiger partial charge in [0.05, 0.1) is 6.33 Å². The summed E-state index contributed by atoms with van der Waals surface area (Å²) in [6.07, 6.45) is 6.74. The molecule has 0 aliphatic heterocycles. The first-order valence-electron chi connectivity index (χ1n) is 6.11. The average molecular weight is 263 g/mol. The van der Waals surface area contributed by atoms with Gasteiger partial charge in [-0.3, -0.25) is 4.79 Å². The molecule has 96 valence electrons. The lowest BCUT2D eigenvalue weighted by molar-refractivity contribution is -0.121. The summed E-state index contributed by atoms with van der Waals surface area (Å²) < 4.78 is 0. The second kappa shape index (κ2) is 6.96. The van der Waals surface area contributed by atoms with Gasteiger partial charge in [0, 0.05) is 36.2 Å². The number of hydrogen-bond donors (Lipinski definition) is 2. The molecule has 0 bridgehead atoms. The Labute approximate surface area is 110 Å². The minimum absolute atomic E-state index is 0.131. The smallest absolute Gasteiger partial charge is 0.220 e. The highest BCUT2D eigenvalue weighted by Gasteiger charge is 2.02. The van der Waals surface area contributed by atoms with E-state index in [9.17, 15) is 4.79 Å². The molecular weight excluding hydrogens is 246 g/mol. The van der Waals surface area contributed by atoms with E-state index >= 15 is 0 Å². The normalized spacial score (nSPS) is 10.4. The van der Waals surface area contributed by atoms with Crippen LogP contribution in [0.15, 0.2) is 30.0 Å². The van der Waals surface area contributed by atoms with Gasteiger partial charge >= 0.3 is 0 Å². The molecule has 0 saturated heterocycles. The number of H-pyrrole nitrogens is 1. The van der Waals surface area contributed by atoms with E-state index < -0.39 is 0 Å². The predicted molar refractivity (Wildman–Crippen MR) is 72.6 cm³/mol. The van der Waals surface area contributed by atoms with Crippen LogP contribution in [0, 0.1) is 0 Å². The van der Waals surface area contributed by atoms with Crippen molar-refractivity contribution in [2.45, 2.75) is 25.7 Å². The van der Waals surface area contributed by atoms with E-state index in [1.165, 1.54) is 4.88 Å². The predicted octanol–water partition coefficient (Wildman–Crippen LogP) is 2.15. The van der Waals surface area contributed by atoms with Crippen LogP contribution in [-0.2, 0) is 17.6 Å². The SMILES string of the molecule is O=C(CCCc1cccs1)NCCc1cnc[nH]1. The molecule has 0 unspecified atom stereocenters. The zero-order chi connectivity index (χ0) is 12.6. The number of hydrogen-bond acceptors (Lipinski definition) is 3. The third-order valence-electron chi connectivity index (χ3n) is 2.68. The molecule has 2 aromatic rings. The van der Waals surface area contributed by atoms with Crippen molar-refractivity contribution in [1.82, 2.24) is 15.3 Å². The summed E-state index contributed by atoms with van der Waals surface area (Å²) in [4.78, 5) is 19.9. The first-order valence-corrected chi connectivity index (χ1v) is 6.99. The van der Waals surface area contributed by atoms with Crippen molar-refractivity contribution < 1.29 is 4.79 Å². The fourth-order valence-corrected chi connectivity index (χ4v) is 2.48. The van der Waals surface area contributed by atoms with Crippen LogP contribution in [0.1, 0.15) is 23.4 Å². The van der Waals surface area contributed by atoms with Gasteiger partial charge < -0.3 is 10.3 Å². The van der Waals surface area contributed by atoms with Crippen LogP contribution >= 0.6 is 11.3 Å². The van der Waals surface area contributed by atoms with Gasteiger partial charge in [-0.05, 0) is 24.3 Å². The lowest BCUT2D eigenvalue weighted by Gasteiger charge is -2.03. The highest BCUT2D eigenvalue weighted by atomic mass is 32.1. The summed E-state index contributed by atoms with van der Waals surface area (Å²) in [7, 11) is 0. The lowest BCUT2D eigenvalue weighted by atomic mass is 10.2. The number of aromatic nitrogens is 2. The zero-order valence-electron chi connectivity index (χ0n) is 10.2. The Bertz CT molecular complexity index is 408. The van der Waals surface area contributed by atoms with Crippen LogP contribution in [-0.4, -0.2) is 22.4 Å². The van der Waals surface area contributed by atoms with Crippen LogP contribution in [0.2, 0.25) is 0 Å². The number of carbonyl (C=O) groups excluding carboxylic acids is 1. The van der Waals surface area contributed by atoms with E-state index in [1.54, 1.807) is 23.9 Å². The number of nitrogens with zero attached hydrogens (tertiary/aromatic N) is 1. The third-order valence-corrected chi connectivity index (χ3v) is 3.61. The van der Waals surface area contributed by atoms with Gasteiger partial charge in [-0.15, -0.1) is 11.3 Å². The van der Waals surface area contributed by atoms with Crippen LogP contribution < -0.4 is 5.32 Å². The Morgan fingerprint density at radius 2 is 2.39 bits per heavy atom. The summed E-state index contributed by atoms with van der Waals surface area (Å²) in [5.74, 6) is 0.131. The monoisotopic (exact) mass is 263 g/mol. The molecule has 0 spiro atoms. The minimum Gasteiger partial charge on any atom is -0.356 e. The number of aryl methyl sites for hydroxylation is 1. The molecule has 2 aromatic heterocycles. The number of carbonyl (C=O) groups is 1. The number of imidazole rings is 1. The highest BCUT2D eigenvalue weighted by molar-refractivity contribution is 7.09. The summed E-state index contributed by atoms with van der Waals surface area (Å²) in [5.41, 5.74) is 1.05. The molecule has 0 aromatic carbocycles.